The summed E-state index contributed by atoms with van der Waals surface area (Å²) in [6.07, 6.45) is 6.68. The van der Waals surface area contributed by atoms with Gasteiger partial charge in [0.15, 0.2) is 0 Å². The number of hydrogen-bond acceptors (Lipinski definition) is 5. The second-order valence-electron chi connectivity index (χ2n) is 9.95. The van der Waals surface area contributed by atoms with Crippen LogP contribution in [0.3, 0.4) is 0 Å². The molecule has 1 fully saturated rings. The first kappa shape index (κ1) is 29.5. The zero-order chi connectivity index (χ0) is 27.7. The van der Waals surface area contributed by atoms with Crippen molar-refractivity contribution in [2.75, 3.05) is 23.7 Å². The SMILES string of the molecule is CCOc1ccccc1N(CC(=O)N(Cc1cccc(C)c1)C(CC)C(=O)NC1CCCCC1)S(C)(=O)=O. The van der Waals surface area contributed by atoms with Gasteiger partial charge in [0.2, 0.25) is 21.8 Å². The van der Waals surface area contributed by atoms with Crippen molar-refractivity contribution in [3.63, 3.8) is 0 Å². The van der Waals surface area contributed by atoms with Gasteiger partial charge in [0, 0.05) is 12.6 Å². The standard InChI is InChI=1S/C29H41N3O5S/c1-5-25(29(34)30-24-15-8-7-9-16-24)31(20-23-14-12-13-22(3)19-23)28(33)21-32(38(4,35)36)26-17-10-11-18-27(26)37-6-2/h10-14,17-19,24-25H,5-9,15-16,20-21H2,1-4H3,(H,30,34). The van der Waals surface area contributed by atoms with Crippen molar-refractivity contribution in [2.24, 2.45) is 0 Å². The van der Waals surface area contributed by atoms with Crippen molar-refractivity contribution in [3.8, 4) is 5.75 Å². The highest BCUT2D eigenvalue weighted by molar-refractivity contribution is 7.92. The predicted molar refractivity (Wildman–Crippen MR) is 151 cm³/mol. The number of sulfonamides is 1. The Morgan fingerprint density at radius 2 is 1.76 bits per heavy atom. The number of nitrogens with zero attached hydrogens (tertiary/aromatic N) is 2. The highest BCUT2D eigenvalue weighted by Gasteiger charge is 2.33. The number of carbonyl (C=O) groups excluding carboxylic acids is 2. The fraction of sp³-hybridized carbons (Fsp3) is 0.517. The molecule has 1 atom stereocenters. The summed E-state index contributed by atoms with van der Waals surface area (Å²) in [4.78, 5) is 28.9. The molecule has 1 saturated carbocycles. The van der Waals surface area contributed by atoms with Crippen LogP contribution in [0.1, 0.15) is 63.5 Å². The average molecular weight is 544 g/mol. The Morgan fingerprint density at radius 3 is 2.39 bits per heavy atom. The summed E-state index contributed by atoms with van der Waals surface area (Å²) >= 11 is 0. The van der Waals surface area contributed by atoms with Gasteiger partial charge in [-0.3, -0.25) is 13.9 Å². The van der Waals surface area contributed by atoms with E-state index in [1.807, 2.05) is 45.0 Å². The second kappa shape index (κ2) is 13.6. The van der Waals surface area contributed by atoms with Gasteiger partial charge < -0.3 is 15.0 Å². The Bertz CT molecular complexity index is 1190. The number of hydrogen-bond donors (Lipinski definition) is 1. The van der Waals surface area contributed by atoms with Gasteiger partial charge in [0.1, 0.15) is 18.3 Å². The van der Waals surface area contributed by atoms with Crippen molar-refractivity contribution in [1.29, 1.82) is 0 Å². The molecule has 9 heteroatoms. The fourth-order valence-corrected chi connectivity index (χ4v) is 5.86. The molecule has 0 spiro atoms. The van der Waals surface area contributed by atoms with Crippen LogP contribution in [0.4, 0.5) is 5.69 Å². The zero-order valence-corrected chi connectivity index (χ0v) is 23.8. The van der Waals surface area contributed by atoms with Crippen LogP contribution in [0.5, 0.6) is 5.75 Å². The number of amides is 2. The van der Waals surface area contributed by atoms with Gasteiger partial charge in [-0.25, -0.2) is 8.42 Å². The normalized spacial score (nSPS) is 14.9. The van der Waals surface area contributed by atoms with E-state index < -0.39 is 28.5 Å². The van der Waals surface area contributed by atoms with E-state index in [9.17, 15) is 18.0 Å². The lowest BCUT2D eigenvalue weighted by Gasteiger charge is -2.34. The summed E-state index contributed by atoms with van der Waals surface area (Å²) in [5, 5.41) is 3.16. The third-order valence-corrected chi connectivity index (χ3v) is 8.01. The average Bonchev–Trinajstić information content (AvgIpc) is 2.87. The lowest BCUT2D eigenvalue weighted by Crippen LogP contribution is -2.54. The molecule has 1 aliphatic rings. The highest BCUT2D eigenvalue weighted by atomic mass is 32.2. The number of anilines is 1. The van der Waals surface area contributed by atoms with E-state index in [1.54, 1.807) is 24.3 Å². The molecule has 208 valence electrons. The summed E-state index contributed by atoms with van der Waals surface area (Å²) < 4.78 is 32.5. The first-order valence-electron chi connectivity index (χ1n) is 13.5. The molecule has 0 saturated heterocycles. The van der Waals surface area contributed by atoms with Crippen LogP contribution in [0, 0.1) is 6.92 Å². The summed E-state index contributed by atoms with van der Waals surface area (Å²) in [5.74, 6) is -0.268. The maximum absolute atomic E-state index is 13.9. The van der Waals surface area contributed by atoms with Crippen molar-refractivity contribution >= 4 is 27.5 Å². The third-order valence-electron chi connectivity index (χ3n) is 6.89. The molecular weight excluding hydrogens is 502 g/mol. The van der Waals surface area contributed by atoms with E-state index in [0.717, 1.165) is 47.4 Å². The number of aryl methyl sites for hydroxylation is 1. The van der Waals surface area contributed by atoms with Crippen molar-refractivity contribution in [2.45, 2.75) is 77.9 Å². The van der Waals surface area contributed by atoms with Gasteiger partial charge in [0.05, 0.1) is 18.6 Å². The monoisotopic (exact) mass is 543 g/mol. The lowest BCUT2D eigenvalue weighted by atomic mass is 9.95. The number of carbonyl (C=O) groups is 2. The molecule has 1 aliphatic carbocycles. The largest absolute Gasteiger partial charge is 0.492 e. The van der Waals surface area contributed by atoms with Crippen molar-refractivity contribution in [3.05, 3.63) is 59.7 Å². The van der Waals surface area contributed by atoms with Crippen LogP contribution in [0.25, 0.3) is 0 Å². The van der Waals surface area contributed by atoms with Crippen LogP contribution >= 0.6 is 0 Å². The molecule has 3 rings (SSSR count). The molecule has 1 N–H and O–H groups in total. The van der Waals surface area contributed by atoms with Crippen molar-refractivity contribution in [1.82, 2.24) is 10.2 Å². The molecule has 2 amide bonds. The highest BCUT2D eigenvalue weighted by Crippen LogP contribution is 2.30. The second-order valence-corrected chi connectivity index (χ2v) is 11.9. The molecule has 2 aromatic rings. The van der Waals surface area contributed by atoms with E-state index in [-0.39, 0.29) is 18.5 Å². The van der Waals surface area contributed by atoms with E-state index in [0.29, 0.717) is 24.5 Å². The first-order chi connectivity index (χ1) is 18.1. The van der Waals surface area contributed by atoms with Crippen LogP contribution in [0.2, 0.25) is 0 Å². The van der Waals surface area contributed by atoms with Gasteiger partial charge in [0.25, 0.3) is 0 Å². The van der Waals surface area contributed by atoms with E-state index in [2.05, 4.69) is 5.32 Å². The van der Waals surface area contributed by atoms with Gasteiger partial charge >= 0.3 is 0 Å². The molecule has 2 aromatic carbocycles. The van der Waals surface area contributed by atoms with Crippen LogP contribution in [-0.2, 0) is 26.2 Å². The Morgan fingerprint density at radius 1 is 1.05 bits per heavy atom. The third kappa shape index (κ3) is 7.96. The number of rotatable bonds is 12. The van der Waals surface area contributed by atoms with E-state index >= 15 is 0 Å². The Hall–Kier alpha value is -3.07. The van der Waals surface area contributed by atoms with E-state index in [1.165, 1.54) is 11.3 Å². The minimum Gasteiger partial charge on any atom is -0.492 e. The molecule has 8 nitrogen and oxygen atoms in total. The smallest absolute Gasteiger partial charge is 0.244 e. The number of ether oxygens (including phenoxy) is 1. The van der Waals surface area contributed by atoms with Gasteiger partial charge in [-0.05, 0) is 50.8 Å². The molecule has 1 unspecified atom stereocenters. The number of benzene rings is 2. The molecule has 0 aromatic heterocycles. The Balaban J connectivity index is 1.94. The number of nitrogens with one attached hydrogen (secondary N) is 1. The van der Waals surface area contributed by atoms with Crippen molar-refractivity contribution < 1.29 is 22.7 Å². The Labute approximate surface area is 227 Å². The van der Waals surface area contributed by atoms with Crippen LogP contribution < -0.4 is 14.4 Å². The Kier molecular flexibility index (Phi) is 10.6. The molecular formula is C29H41N3O5S. The topological polar surface area (TPSA) is 96.0 Å². The minimum atomic E-state index is -3.84. The van der Waals surface area contributed by atoms with E-state index in [4.69, 9.17) is 4.74 Å². The van der Waals surface area contributed by atoms with Crippen LogP contribution in [-0.4, -0.2) is 56.6 Å². The molecule has 0 heterocycles. The van der Waals surface area contributed by atoms with Gasteiger partial charge in [-0.1, -0.05) is 68.1 Å². The maximum Gasteiger partial charge on any atom is 0.244 e. The van der Waals surface area contributed by atoms with Crippen LogP contribution in [0.15, 0.2) is 48.5 Å². The summed E-state index contributed by atoms with van der Waals surface area (Å²) in [7, 11) is -3.84. The molecule has 0 aliphatic heterocycles. The summed E-state index contributed by atoms with van der Waals surface area (Å²) in [6.45, 7) is 5.76. The summed E-state index contributed by atoms with van der Waals surface area (Å²) in [5.41, 5.74) is 2.21. The molecule has 0 radical (unpaired) electrons. The quantitative estimate of drug-likeness (QED) is 0.428. The predicted octanol–water partition coefficient (Wildman–Crippen LogP) is 4.42. The maximum atomic E-state index is 13.9. The van der Waals surface area contributed by atoms with Gasteiger partial charge in [-0.15, -0.1) is 0 Å². The first-order valence-corrected chi connectivity index (χ1v) is 15.3. The minimum absolute atomic E-state index is 0.104. The molecule has 0 bridgehead atoms. The fourth-order valence-electron chi connectivity index (χ4n) is 5.01. The summed E-state index contributed by atoms with van der Waals surface area (Å²) in [6, 6.07) is 13.9. The zero-order valence-electron chi connectivity index (χ0n) is 23.0. The van der Waals surface area contributed by atoms with Gasteiger partial charge in [-0.2, -0.15) is 0 Å². The lowest BCUT2D eigenvalue weighted by molar-refractivity contribution is -0.140. The number of para-hydroxylation sites is 2. The molecule has 38 heavy (non-hydrogen) atoms.